The lowest BCUT2D eigenvalue weighted by molar-refractivity contribution is 0.306. The van der Waals surface area contributed by atoms with Crippen LogP contribution in [0.5, 0.6) is 5.75 Å². The molecule has 1 nitrogen and oxygen atoms in total. The van der Waals surface area contributed by atoms with Gasteiger partial charge in [-0.15, -0.1) is 0 Å². The second kappa shape index (κ2) is 5.76. The molecule has 0 saturated heterocycles. The van der Waals surface area contributed by atoms with E-state index in [1.165, 1.54) is 0 Å². The van der Waals surface area contributed by atoms with Crippen molar-refractivity contribution in [2.45, 2.75) is 6.61 Å². The van der Waals surface area contributed by atoms with Crippen LogP contribution in [-0.2, 0) is 6.61 Å². The van der Waals surface area contributed by atoms with E-state index < -0.39 is 0 Å². The third-order valence-corrected chi connectivity index (χ3v) is 3.62. The van der Waals surface area contributed by atoms with E-state index in [0.29, 0.717) is 22.4 Å². The Morgan fingerprint density at radius 3 is 2.24 bits per heavy atom. The van der Waals surface area contributed by atoms with E-state index in [9.17, 15) is 0 Å². The van der Waals surface area contributed by atoms with Crippen LogP contribution in [0.4, 0.5) is 0 Å². The van der Waals surface area contributed by atoms with Crippen molar-refractivity contribution in [3.63, 3.8) is 0 Å². The molecule has 0 N–H and O–H groups in total. The van der Waals surface area contributed by atoms with E-state index in [1.54, 1.807) is 18.2 Å². The molecule has 0 radical (unpaired) electrons. The van der Waals surface area contributed by atoms with Gasteiger partial charge < -0.3 is 4.74 Å². The molecular weight excluding hydrogens is 323 g/mol. The molecule has 2 aromatic carbocycles. The number of benzene rings is 2. The SMILES string of the molecule is Clc1cccc(Cl)c1OCc1ccccc1Br. The van der Waals surface area contributed by atoms with Gasteiger partial charge in [-0.1, -0.05) is 63.4 Å². The van der Waals surface area contributed by atoms with Gasteiger partial charge in [0.05, 0.1) is 10.0 Å². The molecule has 0 aliphatic heterocycles. The van der Waals surface area contributed by atoms with Crippen LogP contribution in [0.2, 0.25) is 10.0 Å². The van der Waals surface area contributed by atoms with Crippen LogP contribution in [0.25, 0.3) is 0 Å². The summed E-state index contributed by atoms with van der Waals surface area (Å²) in [6.45, 7) is 0.422. The average Bonchev–Trinajstić information content (AvgIpc) is 2.30. The highest BCUT2D eigenvalue weighted by molar-refractivity contribution is 9.10. The Kier molecular flexibility index (Phi) is 4.32. The average molecular weight is 332 g/mol. The minimum Gasteiger partial charge on any atom is -0.486 e. The summed E-state index contributed by atoms with van der Waals surface area (Å²) in [5.41, 5.74) is 1.04. The van der Waals surface area contributed by atoms with E-state index in [4.69, 9.17) is 27.9 Å². The number of halogens is 3. The van der Waals surface area contributed by atoms with E-state index >= 15 is 0 Å². The van der Waals surface area contributed by atoms with Crippen molar-refractivity contribution in [3.8, 4) is 5.75 Å². The normalized spacial score (nSPS) is 10.3. The Labute approximate surface area is 118 Å². The summed E-state index contributed by atoms with van der Waals surface area (Å²) in [6.07, 6.45) is 0. The molecule has 0 saturated carbocycles. The van der Waals surface area contributed by atoms with Gasteiger partial charge in [0.1, 0.15) is 6.61 Å². The van der Waals surface area contributed by atoms with E-state index in [2.05, 4.69) is 15.9 Å². The minimum atomic E-state index is 0.422. The van der Waals surface area contributed by atoms with Crippen molar-refractivity contribution in [2.24, 2.45) is 0 Å². The molecule has 4 heteroatoms. The standard InChI is InChI=1S/C13H9BrCl2O/c14-10-5-2-1-4-9(10)8-17-13-11(15)6-3-7-12(13)16/h1-7H,8H2. The first-order valence-corrected chi connectivity index (χ1v) is 6.53. The second-order valence-electron chi connectivity index (χ2n) is 3.43. The predicted octanol–water partition coefficient (Wildman–Crippen LogP) is 5.33. The van der Waals surface area contributed by atoms with Crippen LogP contribution in [0.1, 0.15) is 5.56 Å². The van der Waals surface area contributed by atoms with Gasteiger partial charge in [0.15, 0.2) is 5.75 Å². The smallest absolute Gasteiger partial charge is 0.156 e. The summed E-state index contributed by atoms with van der Waals surface area (Å²) in [5, 5.41) is 1.04. The number of hydrogen-bond acceptors (Lipinski definition) is 1. The van der Waals surface area contributed by atoms with Crippen molar-refractivity contribution >= 4 is 39.1 Å². The van der Waals surface area contributed by atoms with Crippen LogP contribution < -0.4 is 4.74 Å². The van der Waals surface area contributed by atoms with E-state index in [-0.39, 0.29) is 0 Å². The molecule has 2 aromatic rings. The van der Waals surface area contributed by atoms with Gasteiger partial charge in [-0.05, 0) is 18.2 Å². The molecule has 0 amide bonds. The molecule has 2 rings (SSSR count). The number of hydrogen-bond donors (Lipinski definition) is 0. The molecule has 0 aliphatic rings. The fourth-order valence-corrected chi connectivity index (χ4v) is 2.29. The topological polar surface area (TPSA) is 9.23 Å². The molecule has 0 heterocycles. The minimum absolute atomic E-state index is 0.422. The number of ether oxygens (including phenoxy) is 1. The molecule has 17 heavy (non-hydrogen) atoms. The summed E-state index contributed by atoms with van der Waals surface area (Å²) in [5.74, 6) is 0.520. The van der Waals surface area contributed by atoms with E-state index in [1.807, 2.05) is 24.3 Å². The Balaban J connectivity index is 2.16. The lowest BCUT2D eigenvalue weighted by atomic mass is 10.2. The molecule has 0 atom stereocenters. The quantitative estimate of drug-likeness (QED) is 0.738. The monoisotopic (exact) mass is 330 g/mol. The number of rotatable bonds is 3. The van der Waals surface area contributed by atoms with Gasteiger partial charge in [0.2, 0.25) is 0 Å². The summed E-state index contributed by atoms with van der Waals surface area (Å²) < 4.78 is 6.64. The molecule has 0 fully saturated rings. The van der Waals surface area contributed by atoms with Crippen LogP contribution in [0.3, 0.4) is 0 Å². The highest BCUT2D eigenvalue weighted by Crippen LogP contribution is 2.33. The fraction of sp³-hybridized carbons (Fsp3) is 0.0769. The number of para-hydroxylation sites is 1. The Hall–Kier alpha value is -0.700. The molecule has 0 aromatic heterocycles. The second-order valence-corrected chi connectivity index (χ2v) is 5.10. The van der Waals surface area contributed by atoms with Gasteiger partial charge in [-0.2, -0.15) is 0 Å². The lowest BCUT2D eigenvalue weighted by Gasteiger charge is -2.10. The van der Waals surface area contributed by atoms with Crippen LogP contribution in [0.15, 0.2) is 46.9 Å². The zero-order valence-electron chi connectivity index (χ0n) is 8.79. The molecule has 0 bridgehead atoms. The van der Waals surface area contributed by atoms with Gasteiger partial charge >= 0.3 is 0 Å². The first-order chi connectivity index (χ1) is 8.18. The first kappa shape index (κ1) is 12.7. The maximum absolute atomic E-state index is 6.01. The summed E-state index contributed by atoms with van der Waals surface area (Å²) in [4.78, 5) is 0. The first-order valence-electron chi connectivity index (χ1n) is 4.98. The molecule has 0 spiro atoms. The summed E-state index contributed by atoms with van der Waals surface area (Å²) >= 11 is 15.5. The zero-order valence-corrected chi connectivity index (χ0v) is 11.9. The Bertz CT molecular complexity index is 508. The van der Waals surface area contributed by atoms with E-state index in [0.717, 1.165) is 10.0 Å². The lowest BCUT2D eigenvalue weighted by Crippen LogP contribution is -1.97. The predicted molar refractivity (Wildman–Crippen MR) is 74.9 cm³/mol. The van der Waals surface area contributed by atoms with Crippen molar-refractivity contribution < 1.29 is 4.74 Å². The molecule has 0 unspecified atom stereocenters. The van der Waals surface area contributed by atoms with Crippen molar-refractivity contribution in [1.29, 1.82) is 0 Å². The Morgan fingerprint density at radius 2 is 1.59 bits per heavy atom. The van der Waals surface area contributed by atoms with Gasteiger partial charge in [0.25, 0.3) is 0 Å². The molecular formula is C13H9BrCl2O. The maximum atomic E-state index is 6.01. The van der Waals surface area contributed by atoms with Crippen LogP contribution >= 0.6 is 39.1 Å². The third kappa shape index (κ3) is 3.15. The maximum Gasteiger partial charge on any atom is 0.156 e. The fourth-order valence-electron chi connectivity index (χ4n) is 1.39. The van der Waals surface area contributed by atoms with Crippen LogP contribution in [0, 0.1) is 0 Å². The van der Waals surface area contributed by atoms with Crippen molar-refractivity contribution in [2.75, 3.05) is 0 Å². The van der Waals surface area contributed by atoms with Crippen molar-refractivity contribution in [1.82, 2.24) is 0 Å². The third-order valence-electron chi connectivity index (χ3n) is 2.25. The summed E-state index contributed by atoms with van der Waals surface area (Å²) in [7, 11) is 0. The summed E-state index contributed by atoms with van der Waals surface area (Å²) in [6, 6.07) is 13.1. The van der Waals surface area contributed by atoms with Gasteiger partial charge in [0, 0.05) is 10.0 Å². The molecule has 88 valence electrons. The highest BCUT2D eigenvalue weighted by atomic mass is 79.9. The van der Waals surface area contributed by atoms with Gasteiger partial charge in [-0.25, -0.2) is 0 Å². The Morgan fingerprint density at radius 1 is 0.941 bits per heavy atom. The zero-order chi connectivity index (χ0) is 12.3. The van der Waals surface area contributed by atoms with Gasteiger partial charge in [-0.3, -0.25) is 0 Å². The highest BCUT2D eigenvalue weighted by Gasteiger charge is 2.07. The van der Waals surface area contributed by atoms with Crippen LogP contribution in [-0.4, -0.2) is 0 Å². The largest absolute Gasteiger partial charge is 0.486 e. The van der Waals surface area contributed by atoms with Crippen molar-refractivity contribution in [3.05, 3.63) is 62.5 Å². The molecule has 0 aliphatic carbocycles.